The number of benzene rings is 1. The van der Waals surface area contributed by atoms with Gasteiger partial charge in [-0.15, -0.1) is 11.3 Å². The van der Waals surface area contributed by atoms with Crippen LogP contribution in [0.4, 0.5) is 0 Å². The number of nitrogens with zero attached hydrogens (tertiary/aromatic N) is 1. The van der Waals surface area contributed by atoms with Crippen molar-refractivity contribution >= 4 is 11.3 Å². The van der Waals surface area contributed by atoms with Crippen molar-refractivity contribution in [3.63, 3.8) is 0 Å². The van der Waals surface area contributed by atoms with Gasteiger partial charge in [0.05, 0.1) is 11.7 Å². The molecule has 3 heteroatoms. The van der Waals surface area contributed by atoms with Crippen LogP contribution < -0.4 is 5.32 Å². The van der Waals surface area contributed by atoms with Crippen molar-refractivity contribution in [2.24, 2.45) is 0 Å². The van der Waals surface area contributed by atoms with Gasteiger partial charge in [-0.2, -0.15) is 0 Å². The second-order valence-electron chi connectivity index (χ2n) is 5.93. The molecule has 1 aromatic carbocycles. The fourth-order valence-corrected chi connectivity index (χ4v) is 3.65. The lowest BCUT2D eigenvalue weighted by Crippen LogP contribution is -2.17. The Balaban J connectivity index is 1.89. The molecule has 0 saturated heterocycles. The maximum atomic E-state index is 4.80. The average molecular weight is 286 g/mol. The predicted molar refractivity (Wildman–Crippen MR) is 85.5 cm³/mol. The van der Waals surface area contributed by atoms with E-state index in [9.17, 15) is 0 Å². The van der Waals surface area contributed by atoms with Gasteiger partial charge >= 0.3 is 0 Å². The van der Waals surface area contributed by atoms with E-state index in [0.717, 1.165) is 5.92 Å². The van der Waals surface area contributed by atoms with E-state index in [2.05, 4.69) is 48.8 Å². The summed E-state index contributed by atoms with van der Waals surface area (Å²) in [5, 5.41) is 6.78. The monoisotopic (exact) mass is 286 g/mol. The maximum Gasteiger partial charge on any atom is 0.114 e. The number of hydrogen-bond acceptors (Lipinski definition) is 3. The van der Waals surface area contributed by atoms with Crippen molar-refractivity contribution in [1.82, 2.24) is 10.3 Å². The molecule has 20 heavy (non-hydrogen) atoms. The van der Waals surface area contributed by atoms with Crippen LogP contribution >= 0.6 is 11.3 Å². The fraction of sp³-hybridized carbons (Fsp3) is 0.471. The highest BCUT2D eigenvalue weighted by Gasteiger charge is 2.25. The lowest BCUT2D eigenvalue weighted by molar-refractivity contribution is 0.678. The van der Waals surface area contributed by atoms with E-state index < -0.39 is 0 Å². The summed E-state index contributed by atoms with van der Waals surface area (Å²) in [5.41, 5.74) is 4.02. The van der Waals surface area contributed by atoms with Gasteiger partial charge in [0.1, 0.15) is 5.01 Å². The second kappa shape index (κ2) is 5.66. The van der Waals surface area contributed by atoms with Crippen molar-refractivity contribution in [2.45, 2.75) is 44.6 Å². The minimum atomic E-state index is 0.214. The highest BCUT2D eigenvalue weighted by molar-refractivity contribution is 7.09. The maximum absolute atomic E-state index is 4.80. The first kappa shape index (κ1) is 13.8. The van der Waals surface area contributed by atoms with Crippen LogP contribution in [0.3, 0.4) is 0 Å². The molecule has 1 aromatic heterocycles. The molecule has 3 rings (SSSR count). The van der Waals surface area contributed by atoms with Gasteiger partial charge in [0.2, 0.25) is 0 Å². The van der Waals surface area contributed by atoms with Gasteiger partial charge in [-0.05, 0) is 42.9 Å². The quantitative estimate of drug-likeness (QED) is 0.878. The molecule has 0 radical (unpaired) electrons. The number of aromatic nitrogens is 1. The minimum absolute atomic E-state index is 0.214. The van der Waals surface area contributed by atoms with Gasteiger partial charge in [0.25, 0.3) is 0 Å². The molecule has 106 valence electrons. The number of rotatable bonds is 5. The first-order valence-corrected chi connectivity index (χ1v) is 8.29. The van der Waals surface area contributed by atoms with Gasteiger partial charge < -0.3 is 5.32 Å². The van der Waals surface area contributed by atoms with E-state index in [1.807, 2.05) is 7.05 Å². The Labute approximate surface area is 125 Å². The third kappa shape index (κ3) is 2.79. The van der Waals surface area contributed by atoms with Crippen molar-refractivity contribution in [1.29, 1.82) is 0 Å². The zero-order valence-electron chi connectivity index (χ0n) is 12.4. The van der Waals surface area contributed by atoms with E-state index in [1.165, 1.54) is 34.7 Å². The van der Waals surface area contributed by atoms with Gasteiger partial charge in [0, 0.05) is 5.38 Å². The van der Waals surface area contributed by atoms with Crippen molar-refractivity contribution < 1.29 is 0 Å². The standard InChI is InChI=1S/C17H22N2S/c1-11(2)15-10-20-17(19-15)16(18-3)14-6-4-5-13(9-14)12-7-8-12/h4-6,9-12,16,18H,7-8H2,1-3H3. The van der Waals surface area contributed by atoms with Crippen molar-refractivity contribution in [3.8, 4) is 0 Å². The summed E-state index contributed by atoms with van der Waals surface area (Å²) in [6.45, 7) is 4.39. The largest absolute Gasteiger partial charge is 0.307 e. The first-order chi connectivity index (χ1) is 9.69. The molecule has 1 N–H and O–H groups in total. The molecule has 1 atom stereocenters. The Hall–Kier alpha value is -1.19. The third-order valence-electron chi connectivity index (χ3n) is 3.96. The number of hydrogen-bond donors (Lipinski definition) is 1. The van der Waals surface area contributed by atoms with E-state index >= 15 is 0 Å². The zero-order chi connectivity index (χ0) is 14.1. The zero-order valence-corrected chi connectivity index (χ0v) is 13.2. The van der Waals surface area contributed by atoms with Crippen LogP contribution in [0.15, 0.2) is 29.6 Å². The van der Waals surface area contributed by atoms with Crippen LogP contribution in [-0.2, 0) is 0 Å². The molecule has 1 heterocycles. The Morgan fingerprint density at radius 2 is 2.10 bits per heavy atom. The van der Waals surface area contributed by atoms with Crippen molar-refractivity contribution in [2.75, 3.05) is 7.05 Å². The molecule has 1 aliphatic rings. The van der Waals surface area contributed by atoms with E-state index in [4.69, 9.17) is 4.98 Å². The summed E-state index contributed by atoms with van der Waals surface area (Å²) in [7, 11) is 2.02. The SMILES string of the molecule is CNC(c1cccc(C2CC2)c1)c1nc(C(C)C)cs1. The van der Waals surface area contributed by atoms with Crippen LogP contribution in [0.1, 0.15) is 66.4 Å². The Morgan fingerprint density at radius 3 is 2.70 bits per heavy atom. The highest BCUT2D eigenvalue weighted by Crippen LogP contribution is 2.41. The fourth-order valence-electron chi connectivity index (χ4n) is 2.54. The third-order valence-corrected chi connectivity index (χ3v) is 4.89. The Morgan fingerprint density at radius 1 is 1.30 bits per heavy atom. The first-order valence-electron chi connectivity index (χ1n) is 7.41. The molecule has 0 spiro atoms. The topological polar surface area (TPSA) is 24.9 Å². The van der Waals surface area contributed by atoms with Crippen LogP contribution in [0.25, 0.3) is 0 Å². The van der Waals surface area contributed by atoms with Gasteiger partial charge in [0.15, 0.2) is 0 Å². The summed E-state index contributed by atoms with van der Waals surface area (Å²) in [6.07, 6.45) is 2.70. The van der Waals surface area contributed by atoms with Gasteiger partial charge in [-0.25, -0.2) is 4.98 Å². The summed E-state index contributed by atoms with van der Waals surface area (Å²) in [4.78, 5) is 4.80. The molecule has 1 unspecified atom stereocenters. The molecule has 0 amide bonds. The smallest absolute Gasteiger partial charge is 0.114 e. The number of nitrogens with one attached hydrogen (secondary N) is 1. The van der Waals surface area contributed by atoms with Crippen LogP contribution in [-0.4, -0.2) is 12.0 Å². The van der Waals surface area contributed by atoms with E-state index in [0.29, 0.717) is 5.92 Å². The summed E-state index contributed by atoms with van der Waals surface area (Å²) in [5.74, 6) is 1.30. The Bertz CT molecular complexity index is 584. The van der Waals surface area contributed by atoms with Crippen LogP contribution in [0, 0.1) is 0 Å². The molecular weight excluding hydrogens is 264 g/mol. The highest BCUT2D eigenvalue weighted by atomic mass is 32.1. The van der Waals surface area contributed by atoms with Crippen LogP contribution in [0.5, 0.6) is 0 Å². The summed E-state index contributed by atoms with van der Waals surface area (Å²) >= 11 is 1.76. The molecule has 1 aliphatic carbocycles. The van der Waals surface area contributed by atoms with Crippen LogP contribution in [0.2, 0.25) is 0 Å². The number of thiazole rings is 1. The lowest BCUT2D eigenvalue weighted by atomic mass is 10.0. The summed E-state index contributed by atoms with van der Waals surface area (Å²) in [6, 6.07) is 9.23. The Kier molecular flexibility index (Phi) is 3.90. The van der Waals surface area contributed by atoms with Gasteiger partial charge in [-0.1, -0.05) is 38.1 Å². The molecule has 0 aliphatic heterocycles. The van der Waals surface area contributed by atoms with Gasteiger partial charge in [-0.3, -0.25) is 0 Å². The lowest BCUT2D eigenvalue weighted by Gasteiger charge is -2.15. The van der Waals surface area contributed by atoms with Crippen molar-refractivity contribution in [3.05, 3.63) is 51.5 Å². The predicted octanol–water partition coefficient (Wildman–Crippen LogP) is 4.45. The molecule has 0 bridgehead atoms. The molecule has 1 saturated carbocycles. The molecule has 1 fully saturated rings. The molecule has 2 aromatic rings. The normalized spacial score (nSPS) is 16.6. The van der Waals surface area contributed by atoms with E-state index in [-0.39, 0.29) is 6.04 Å². The summed E-state index contributed by atoms with van der Waals surface area (Å²) < 4.78 is 0. The average Bonchev–Trinajstić information content (AvgIpc) is 3.19. The minimum Gasteiger partial charge on any atom is -0.307 e. The van der Waals surface area contributed by atoms with E-state index in [1.54, 1.807) is 11.3 Å². The second-order valence-corrected chi connectivity index (χ2v) is 6.82. The molecular formula is C17H22N2S. The molecule has 2 nitrogen and oxygen atoms in total.